The van der Waals surface area contributed by atoms with Crippen LogP contribution in [-0.4, -0.2) is 46.3 Å². The van der Waals surface area contributed by atoms with Crippen molar-refractivity contribution in [3.05, 3.63) is 35.9 Å². The van der Waals surface area contributed by atoms with Crippen LogP contribution in [0.3, 0.4) is 0 Å². The quantitative estimate of drug-likeness (QED) is 0.770. The second-order valence-electron chi connectivity index (χ2n) is 5.85. The number of nitrogens with two attached hydrogens (primary N) is 1. The molecule has 0 radical (unpaired) electrons. The van der Waals surface area contributed by atoms with Gasteiger partial charge in [-0.1, -0.05) is 30.3 Å². The maximum absolute atomic E-state index is 12.1. The number of nitrogens with zero attached hydrogens (tertiary/aromatic N) is 1. The van der Waals surface area contributed by atoms with E-state index in [0.717, 1.165) is 5.56 Å². The molecule has 24 heavy (non-hydrogen) atoms. The molecule has 0 aromatic heterocycles. The molecule has 1 aliphatic rings. The van der Waals surface area contributed by atoms with Crippen LogP contribution in [0.4, 0.5) is 0 Å². The minimum Gasteiger partial charge on any atom is -0.480 e. The summed E-state index contributed by atoms with van der Waals surface area (Å²) in [4.78, 5) is 36.6. The van der Waals surface area contributed by atoms with Gasteiger partial charge >= 0.3 is 5.97 Å². The lowest BCUT2D eigenvalue weighted by Crippen LogP contribution is -2.41. The highest BCUT2D eigenvalue weighted by atomic mass is 35.5. The number of likely N-dealkylation sites (tertiary alicyclic amines) is 1. The van der Waals surface area contributed by atoms with Crippen molar-refractivity contribution in [2.75, 3.05) is 6.54 Å². The largest absolute Gasteiger partial charge is 0.480 e. The van der Waals surface area contributed by atoms with E-state index in [4.69, 9.17) is 10.8 Å². The summed E-state index contributed by atoms with van der Waals surface area (Å²) in [5.41, 5.74) is 6.87. The van der Waals surface area contributed by atoms with Crippen molar-refractivity contribution in [2.45, 2.75) is 44.2 Å². The molecule has 1 heterocycles. The van der Waals surface area contributed by atoms with Crippen LogP contribution >= 0.6 is 12.4 Å². The van der Waals surface area contributed by atoms with Gasteiger partial charge in [-0.2, -0.15) is 0 Å². The Kier molecular flexibility index (Phi) is 7.88. The Morgan fingerprint density at radius 3 is 2.50 bits per heavy atom. The molecule has 0 spiro atoms. The summed E-state index contributed by atoms with van der Waals surface area (Å²) in [5, 5.41) is 9.08. The topological polar surface area (TPSA) is 101 Å². The van der Waals surface area contributed by atoms with Gasteiger partial charge < -0.3 is 15.7 Å². The number of hydrogen-bond acceptors (Lipinski definition) is 4. The van der Waals surface area contributed by atoms with E-state index in [1.807, 2.05) is 30.3 Å². The van der Waals surface area contributed by atoms with Crippen molar-refractivity contribution in [2.24, 2.45) is 5.73 Å². The summed E-state index contributed by atoms with van der Waals surface area (Å²) in [5.74, 6) is -1.44. The van der Waals surface area contributed by atoms with E-state index in [1.54, 1.807) is 0 Å². The fourth-order valence-corrected chi connectivity index (χ4v) is 2.86. The van der Waals surface area contributed by atoms with E-state index in [-0.39, 0.29) is 36.9 Å². The van der Waals surface area contributed by atoms with Gasteiger partial charge in [0.25, 0.3) is 0 Å². The number of amides is 1. The molecule has 2 atom stereocenters. The molecule has 0 aliphatic carbocycles. The summed E-state index contributed by atoms with van der Waals surface area (Å²) < 4.78 is 0. The number of carboxylic acid groups (broad SMARTS) is 1. The lowest BCUT2D eigenvalue weighted by atomic mass is 10.0. The van der Waals surface area contributed by atoms with Gasteiger partial charge in [-0.25, -0.2) is 4.79 Å². The predicted molar refractivity (Wildman–Crippen MR) is 92.0 cm³/mol. The number of benzene rings is 1. The highest BCUT2D eigenvalue weighted by molar-refractivity contribution is 5.90. The van der Waals surface area contributed by atoms with Gasteiger partial charge in [0, 0.05) is 19.4 Å². The number of Topliss-reactive ketones (excluding diaryl/α,β-unsaturated/α-hetero) is 1. The average Bonchev–Trinajstić information content (AvgIpc) is 3.03. The maximum Gasteiger partial charge on any atom is 0.326 e. The van der Waals surface area contributed by atoms with Gasteiger partial charge in [-0.15, -0.1) is 12.4 Å². The molecule has 1 aliphatic heterocycles. The molecular formula is C17H23ClN2O4. The number of rotatable bonds is 7. The molecule has 1 aromatic rings. The molecule has 0 saturated carbocycles. The van der Waals surface area contributed by atoms with Gasteiger partial charge in [0.05, 0.1) is 6.04 Å². The van der Waals surface area contributed by atoms with Crippen LogP contribution in [0, 0.1) is 0 Å². The van der Waals surface area contributed by atoms with E-state index >= 15 is 0 Å². The SMILES string of the molecule is Cl.NC(Cc1ccccc1)C(=O)CCC(=O)N1CCC[C@H]1C(=O)O. The number of hydrogen-bond donors (Lipinski definition) is 2. The van der Waals surface area contributed by atoms with E-state index in [9.17, 15) is 14.4 Å². The predicted octanol–water partition coefficient (Wildman–Crippen LogP) is 1.40. The van der Waals surface area contributed by atoms with E-state index in [2.05, 4.69) is 0 Å². The summed E-state index contributed by atoms with van der Waals surface area (Å²) in [6.07, 6.45) is 1.67. The van der Waals surface area contributed by atoms with Crippen molar-refractivity contribution in [1.29, 1.82) is 0 Å². The molecule has 3 N–H and O–H groups in total. The molecule has 6 nitrogen and oxygen atoms in total. The first-order valence-corrected chi connectivity index (χ1v) is 7.83. The third-order valence-electron chi connectivity index (χ3n) is 4.16. The molecule has 0 bridgehead atoms. The molecule has 132 valence electrons. The minimum absolute atomic E-state index is 0. The smallest absolute Gasteiger partial charge is 0.326 e. The Bertz CT molecular complexity index is 579. The first kappa shape index (κ1) is 20.1. The Labute approximate surface area is 147 Å². The van der Waals surface area contributed by atoms with Crippen LogP contribution in [0.5, 0.6) is 0 Å². The van der Waals surface area contributed by atoms with Crippen molar-refractivity contribution >= 4 is 30.1 Å². The lowest BCUT2D eigenvalue weighted by molar-refractivity contribution is -0.148. The Morgan fingerprint density at radius 1 is 1.21 bits per heavy atom. The maximum atomic E-state index is 12.1. The summed E-state index contributed by atoms with van der Waals surface area (Å²) in [7, 11) is 0. The molecular weight excluding hydrogens is 332 g/mol. The van der Waals surface area contributed by atoms with E-state index < -0.39 is 18.1 Å². The summed E-state index contributed by atoms with van der Waals surface area (Å²) in [6.45, 7) is 0.445. The van der Waals surface area contributed by atoms with Crippen molar-refractivity contribution in [3.8, 4) is 0 Å². The first-order valence-electron chi connectivity index (χ1n) is 7.83. The van der Waals surface area contributed by atoms with Crippen LogP contribution in [0.15, 0.2) is 30.3 Å². The molecule has 7 heteroatoms. The van der Waals surface area contributed by atoms with Crippen LogP contribution in [0.1, 0.15) is 31.2 Å². The van der Waals surface area contributed by atoms with E-state index in [0.29, 0.717) is 25.8 Å². The van der Waals surface area contributed by atoms with E-state index in [1.165, 1.54) is 4.90 Å². The molecule has 1 saturated heterocycles. The van der Waals surface area contributed by atoms with Gasteiger partial charge in [0.2, 0.25) is 5.91 Å². The number of carbonyl (C=O) groups is 3. The number of aliphatic carboxylic acids is 1. The molecule has 2 rings (SSSR count). The summed E-state index contributed by atoms with van der Waals surface area (Å²) in [6, 6.07) is 8.07. The zero-order chi connectivity index (χ0) is 16.8. The number of halogens is 1. The monoisotopic (exact) mass is 354 g/mol. The summed E-state index contributed by atoms with van der Waals surface area (Å²) >= 11 is 0. The van der Waals surface area contributed by atoms with Crippen LogP contribution < -0.4 is 5.73 Å². The second kappa shape index (κ2) is 9.39. The standard InChI is InChI=1S/C17H22N2O4.ClH/c18-13(11-12-5-2-1-3-6-12)15(20)8-9-16(21)19-10-4-7-14(19)17(22)23;/h1-3,5-6,13-14H,4,7-11,18H2,(H,22,23);1H/t13?,14-;/m0./s1. The molecule has 1 aromatic carbocycles. The van der Waals surface area contributed by atoms with Gasteiger partial charge in [0.1, 0.15) is 11.8 Å². The third-order valence-corrected chi connectivity index (χ3v) is 4.16. The fraction of sp³-hybridized carbons (Fsp3) is 0.471. The minimum atomic E-state index is -0.983. The van der Waals surface area contributed by atoms with Gasteiger partial charge in [-0.3, -0.25) is 9.59 Å². The molecule has 1 unspecified atom stereocenters. The van der Waals surface area contributed by atoms with Crippen molar-refractivity contribution < 1.29 is 19.5 Å². The average molecular weight is 355 g/mol. The highest BCUT2D eigenvalue weighted by Gasteiger charge is 2.33. The second-order valence-corrected chi connectivity index (χ2v) is 5.85. The third kappa shape index (κ3) is 5.32. The number of ketones is 1. The Morgan fingerprint density at radius 2 is 1.88 bits per heavy atom. The first-order chi connectivity index (χ1) is 11.0. The Balaban J connectivity index is 0.00000288. The molecule has 1 amide bonds. The van der Waals surface area contributed by atoms with Crippen molar-refractivity contribution in [1.82, 2.24) is 4.90 Å². The van der Waals surface area contributed by atoms with Crippen molar-refractivity contribution in [3.63, 3.8) is 0 Å². The highest BCUT2D eigenvalue weighted by Crippen LogP contribution is 2.19. The van der Waals surface area contributed by atoms with Crippen LogP contribution in [0.2, 0.25) is 0 Å². The van der Waals surface area contributed by atoms with Crippen LogP contribution in [0.25, 0.3) is 0 Å². The fourth-order valence-electron chi connectivity index (χ4n) is 2.86. The zero-order valence-corrected chi connectivity index (χ0v) is 14.2. The number of carboxylic acids is 1. The van der Waals surface area contributed by atoms with Gasteiger partial charge in [0.15, 0.2) is 0 Å². The lowest BCUT2D eigenvalue weighted by Gasteiger charge is -2.21. The normalized spacial score (nSPS) is 17.9. The molecule has 1 fully saturated rings. The number of carbonyl (C=O) groups excluding carboxylic acids is 2. The van der Waals surface area contributed by atoms with Gasteiger partial charge in [-0.05, 0) is 24.8 Å². The Hall–Kier alpha value is -1.92. The zero-order valence-electron chi connectivity index (χ0n) is 13.4. The van der Waals surface area contributed by atoms with Crippen LogP contribution in [-0.2, 0) is 20.8 Å².